The maximum Gasteiger partial charge on any atom is 1.00 e. The molecule has 0 radical (unpaired) electrons. The van der Waals surface area contributed by atoms with Crippen molar-refractivity contribution in [2.45, 2.75) is 77.6 Å². The third-order valence-corrected chi connectivity index (χ3v) is 3.53. The number of hydrogen-bond donors (Lipinski definition) is 2. The second kappa shape index (κ2) is 16.1. The standard InChI is InChI=1S/C13H29O4P.K.H/c1-2-3-4-5-6-7-8-9-10-11-12-13-17-18(14,15)16;;/h2-13H2,1H3,(H2,14,15,16);;/q;+1;-1. The fraction of sp³-hybridized carbons (Fsp3) is 1.00. The van der Waals surface area contributed by atoms with Gasteiger partial charge in [-0.25, -0.2) is 4.57 Å². The Balaban J connectivity index is -0.00000144. The molecule has 0 saturated carbocycles. The minimum absolute atomic E-state index is 0. The van der Waals surface area contributed by atoms with Gasteiger partial charge in [0, 0.05) is 0 Å². The molecule has 4 nitrogen and oxygen atoms in total. The fourth-order valence-corrected chi connectivity index (χ4v) is 2.32. The Bertz CT molecular complexity index is 226. The summed E-state index contributed by atoms with van der Waals surface area (Å²) in [5, 5.41) is 0. The van der Waals surface area contributed by atoms with Gasteiger partial charge in [-0.05, 0) is 6.42 Å². The van der Waals surface area contributed by atoms with E-state index in [9.17, 15) is 4.57 Å². The second-order valence-corrected chi connectivity index (χ2v) is 6.10. The normalized spacial score (nSPS) is 11.3. The molecular weight excluding hydrogens is 290 g/mol. The Hall–Kier alpha value is 1.75. The van der Waals surface area contributed by atoms with Crippen LogP contribution >= 0.6 is 7.82 Å². The van der Waals surface area contributed by atoms with E-state index in [1.54, 1.807) is 0 Å². The summed E-state index contributed by atoms with van der Waals surface area (Å²) in [5.74, 6) is 0. The van der Waals surface area contributed by atoms with Crippen molar-refractivity contribution in [2.75, 3.05) is 6.61 Å². The zero-order chi connectivity index (χ0) is 13.7. The average Bonchev–Trinajstić information content (AvgIpc) is 2.29. The van der Waals surface area contributed by atoms with Crippen LogP contribution in [0.15, 0.2) is 0 Å². The molecule has 0 unspecified atom stereocenters. The minimum Gasteiger partial charge on any atom is -1.00 e. The van der Waals surface area contributed by atoms with Crippen LogP contribution in [-0.4, -0.2) is 16.4 Å². The Kier molecular flexibility index (Phi) is 19.5. The molecule has 0 heterocycles. The molecule has 0 aliphatic carbocycles. The maximum atomic E-state index is 10.4. The van der Waals surface area contributed by atoms with E-state index in [4.69, 9.17) is 9.79 Å². The predicted octanol–water partition coefficient (Wildman–Crippen LogP) is 1.52. The van der Waals surface area contributed by atoms with E-state index in [1.807, 2.05) is 0 Å². The van der Waals surface area contributed by atoms with Crippen molar-refractivity contribution in [3.8, 4) is 0 Å². The largest absolute Gasteiger partial charge is 1.00 e. The summed E-state index contributed by atoms with van der Waals surface area (Å²) in [4.78, 5) is 16.9. The van der Waals surface area contributed by atoms with Crippen molar-refractivity contribution in [3.05, 3.63) is 0 Å². The van der Waals surface area contributed by atoms with Gasteiger partial charge in [-0.3, -0.25) is 4.52 Å². The van der Waals surface area contributed by atoms with Crippen LogP contribution in [0.4, 0.5) is 0 Å². The first kappa shape index (κ1) is 23.0. The topological polar surface area (TPSA) is 66.8 Å². The van der Waals surface area contributed by atoms with Crippen LogP contribution in [0.3, 0.4) is 0 Å². The number of phosphoric ester groups is 1. The molecule has 0 aromatic heterocycles. The fourth-order valence-electron chi connectivity index (χ4n) is 1.95. The van der Waals surface area contributed by atoms with Gasteiger partial charge in [0.2, 0.25) is 0 Å². The third kappa shape index (κ3) is 22.2. The van der Waals surface area contributed by atoms with E-state index in [2.05, 4.69) is 11.4 Å². The molecule has 0 spiro atoms. The smallest absolute Gasteiger partial charge is 1.00 e. The van der Waals surface area contributed by atoms with Crippen molar-refractivity contribution >= 4 is 7.82 Å². The van der Waals surface area contributed by atoms with Crippen LogP contribution in [0.2, 0.25) is 0 Å². The van der Waals surface area contributed by atoms with Gasteiger partial charge in [0.15, 0.2) is 0 Å². The quantitative estimate of drug-likeness (QED) is 0.307. The summed E-state index contributed by atoms with van der Waals surface area (Å²) >= 11 is 0. The van der Waals surface area contributed by atoms with Crippen LogP contribution in [0.5, 0.6) is 0 Å². The Morgan fingerprint density at radius 2 is 1.21 bits per heavy atom. The molecule has 19 heavy (non-hydrogen) atoms. The molecule has 0 amide bonds. The summed E-state index contributed by atoms with van der Waals surface area (Å²) in [5.41, 5.74) is 0. The van der Waals surface area contributed by atoms with Crippen LogP contribution in [0.1, 0.15) is 79.0 Å². The molecular formula is C13H30KO4P. The first-order chi connectivity index (χ1) is 8.56. The van der Waals surface area contributed by atoms with Gasteiger partial charge in [-0.1, -0.05) is 71.1 Å². The summed E-state index contributed by atoms with van der Waals surface area (Å²) in [6.45, 7) is 2.40. The van der Waals surface area contributed by atoms with Gasteiger partial charge in [-0.2, -0.15) is 0 Å². The molecule has 0 saturated heterocycles. The van der Waals surface area contributed by atoms with E-state index in [1.165, 1.54) is 51.4 Å². The van der Waals surface area contributed by atoms with Crippen molar-refractivity contribution in [3.63, 3.8) is 0 Å². The number of phosphoric acid groups is 1. The summed E-state index contributed by atoms with van der Waals surface area (Å²) in [6.07, 6.45) is 13.5. The van der Waals surface area contributed by atoms with E-state index in [0.717, 1.165) is 19.3 Å². The van der Waals surface area contributed by atoms with Crippen molar-refractivity contribution < 1.29 is 71.7 Å². The summed E-state index contributed by atoms with van der Waals surface area (Å²) in [7, 11) is -4.25. The van der Waals surface area contributed by atoms with E-state index in [0.29, 0.717) is 0 Å². The number of unbranched alkanes of at least 4 members (excludes halogenated alkanes) is 10. The Morgan fingerprint density at radius 3 is 1.58 bits per heavy atom. The number of rotatable bonds is 13. The van der Waals surface area contributed by atoms with Crippen LogP contribution < -0.4 is 51.4 Å². The molecule has 112 valence electrons. The molecule has 0 aliphatic heterocycles. The van der Waals surface area contributed by atoms with Gasteiger partial charge < -0.3 is 11.2 Å². The first-order valence-corrected chi connectivity index (χ1v) is 8.79. The zero-order valence-electron chi connectivity index (χ0n) is 13.6. The van der Waals surface area contributed by atoms with Crippen molar-refractivity contribution in [1.29, 1.82) is 0 Å². The summed E-state index contributed by atoms with van der Waals surface area (Å²) in [6, 6.07) is 0. The minimum atomic E-state index is -4.25. The molecule has 0 aromatic rings. The third-order valence-electron chi connectivity index (χ3n) is 3.01. The van der Waals surface area contributed by atoms with Crippen LogP contribution in [-0.2, 0) is 9.09 Å². The molecule has 0 fully saturated rings. The van der Waals surface area contributed by atoms with Gasteiger partial charge in [-0.15, -0.1) is 0 Å². The average molecular weight is 320 g/mol. The van der Waals surface area contributed by atoms with E-state index >= 15 is 0 Å². The zero-order valence-corrected chi connectivity index (χ0v) is 16.7. The Morgan fingerprint density at radius 1 is 0.842 bits per heavy atom. The summed E-state index contributed by atoms with van der Waals surface area (Å²) < 4.78 is 14.8. The predicted molar refractivity (Wildman–Crippen MR) is 75.6 cm³/mol. The monoisotopic (exact) mass is 320 g/mol. The first-order valence-electron chi connectivity index (χ1n) is 7.26. The molecule has 0 bridgehead atoms. The van der Waals surface area contributed by atoms with Crippen molar-refractivity contribution in [1.82, 2.24) is 0 Å². The van der Waals surface area contributed by atoms with Crippen molar-refractivity contribution in [2.24, 2.45) is 0 Å². The molecule has 0 aliphatic rings. The van der Waals surface area contributed by atoms with Gasteiger partial charge in [0.1, 0.15) is 0 Å². The molecule has 0 atom stereocenters. The molecule has 0 aromatic carbocycles. The van der Waals surface area contributed by atoms with E-state index in [-0.39, 0.29) is 59.4 Å². The van der Waals surface area contributed by atoms with Gasteiger partial charge >= 0.3 is 59.2 Å². The van der Waals surface area contributed by atoms with E-state index < -0.39 is 7.82 Å². The van der Waals surface area contributed by atoms with Gasteiger partial charge in [0.05, 0.1) is 6.61 Å². The van der Waals surface area contributed by atoms with Crippen LogP contribution in [0.25, 0.3) is 0 Å². The molecule has 0 rings (SSSR count). The SMILES string of the molecule is CCCCCCCCCCCCCOP(=O)(O)O.[H-].[K+]. The molecule has 2 N–H and O–H groups in total. The van der Waals surface area contributed by atoms with Crippen LogP contribution in [0, 0.1) is 0 Å². The number of hydrogen-bond acceptors (Lipinski definition) is 2. The maximum absolute atomic E-state index is 10.4. The second-order valence-electron chi connectivity index (χ2n) is 4.86. The Labute approximate surface area is 162 Å². The van der Waals surface area contributed by atoms with Gasteiger partial charge in [0.25, 0.3) is 0 Å². The molecule has 6 heteroatoms.